The molecule has 3 aromatic rings. The molecule has 27 heavy (non-hydrogen) atoms. The fourth-order valence-corrected chi connectivity index (χ4v) is 4.08. The molecule has 0 fully saturated rings. The van der Waals surface area contributed by atoms with Crippen LogP contribution in [-0.4, -0.2) is 41.7 Å². The summed E-state index contributed by atoms with van der Waals surface area (Å²) < 4.78 is 26.9. The highest BCUT2D eigenvalue weighted by Crippen LogP contribution is 2.29. The Balaban J connectivity index is 1.96. The summed E-state index contributed by atoms with van der Waals surface area (Å²) in [7, 11) is -3.21. The van der Waals surface area contributed by atoms with Gasteiger partial charge >= 0.3 is 0 Å². The van der Waals surface area contributed by atoms with E-state index in [0.717, 1.165) is 23.1 Å². The van der Waals surface area contributed by atoms with Gasteiger partial charge in [0, 0.05) is 22.9 Å². The molecule has 0 saturated carbocycles. The number of aromatic nitrogens is 3. The third-order valence-corrected chi connectivity index (χ3v) is 5.70. The van der Waals surface area contributed by atoms with Crippen molar-refractivity contribution in [2.75, 3.05) is 18.6 Å². The van der Waals surface area contributed by atoms with Crippen molar-refractivity contribution in [2.45, 2.75) is 12.1 Å². The Bertz CT molecular complexity index is 1030. The summed E-state index contributed by atoms with van der Waals surface area (Å²) in [6, 6.07) is 15.4. The predicted octanol–water partition coefficient (Wildman–Crippen LogP) is 3.54. The average molecular weight is 423 g/mol. The maximum Gasteiger partial charge on any atom is 0.208 e. The van der Waals surface area contributed by atoms with Crippen molar-refractivity contribution in [3.05, 3.63) is 59.1 Å². The van der Waals surface area contributed by atoms with Crippen LogP contribution in [0.1, 0.15) is 5.56 Å². The number of sulfonamides is 1. The van der Waals surface area contributed by atoms with Gasteiger partial charge in [0.1, 0.15) is 0 Å². The smallest absolute Gasteiger partial charge is 0.208 e. The van der Waals surface area contributed by atoms with E-state index in [1.165, 1.54) is 11.8 Å². The number of thioether (sulfide) groups is 1. The van der Waals surface area contributed by atoms with Gasteiger partial charge in [-0.15, -0.1) is 10.2 Å². The van der Waals surface area contributed by atoms with Crippen LogP contribution >= 0.6 is 23.4 Å². The normalized spacial score (nSPS) is 11.7. The Labute approximate surface area is 168 Å². The van der Waals surface area contributed by atoms with Crippen LogP contribution in [0, 0.1) is 6.92 Å². The van der Waals surface area contributed by atoms with Gasteiger partial charge in [0.15, 0.2) is 11.0 Å². The third kappa shape index (κ3) is 5.10. The molecular weight excluding hydrogens is 404 g/mol. The first kappa shape index (κ1) is 19.9. The van der Waals surface area contributed by atoms with Gasteiger partial charge < -0.3 is 0 Å². The Hall–Kier alpha value is -1.87. The van der Waals surface area contributed by atoms with Gasteiger partial charge in [-0.3, -0.25) is 4.57 Å². The highest BCUT2D eigenvalue weighted by atomic mass is 35.5. The molecule has 6 nitrogen and oxygen atoms in total. The van der Waals surface area contributed by atoms with E-state index in [0.29, 0.717) is 28.3 Å². The fourth-order valence-electron chi connectivity index (χ4n) is 2.55. The molecule has 142 valence electrons. The molecule has 3 rings (SSSR count). The molecule has 1 heterocycles. The lowest BCUT2D eigenvalue weighted by Crippen LogP contribution is -2.24. The lowest BCUT2D eigenvalue weighted by molar-refractivity contribution is 0.590. The number of nitrogens with one attached hydrogen (secondary N) is 1. The van der Waals surface area contributed by atoms with Gasteiger partial charge in [0.2, 0.25) is 10.0 Å². The summed E-state index contributed by atoms with van der Waals surface area (Å²) in [5.74, 6) is 1.25. The largest absolute Gasteiger partial charge is 0.270 e. The summed E-state index contributed by atoms with van der Waals surface area (Å²) >= 11 is 7.45. The molecular formula is C18H19ClN4O2S2. The van der Waals surface area contributed by atoms with E-state index in [4.69, 9.17) is 11.6 Å². The molecule has 0 radical (unpaired) electrons. The van der Waals surface area contributed by atoms with Crippen molar-refractivity contribution < 1.29 is 8.42 Å². The van der Waals surface area contributed by atoms with Crippen molar-refractivity contribution >= 4 is 33.4 Å². The van der Waals surface area contributed by atoms with E-state index in [-0.39, 0.29) is 0 Å². The molecule has 0 aliphatic heterocycles. The van der Waals surface area contributed by atoms with Gasteiger partial charge in [0.05, 0.1) is 11.9 Å². The van der Waals surface area contributed by atoms with Crippen LogP contribution in [-0.2, 0) is 10.0 Å². The molecule has 0 aliphatic rings. The van der Waals surface area contributed by atoms with E-state index in [9.17, 15) is 8.42 Å². The van der Waals surface area contributed by atoms with Crippen LogP contribution < -0.4 is 4.72 Å². The quantitative estimate of drug-likeness (QED) is 0.465. The van der Waals surface area contributed by atoms with Crippen molar-refractivity contribution in [3.63, 3.8) is 0 Å². The number of halogens is 1. The molecule has 9 heteroatoms. The second kappa shape index (κ2) is 8.43. The first-order chi connectivity index (χ1) is 12.8. The number of hydrogen-bond donors (Lipinski definition) is 1. The standard InChI is InChI=1S/C18H19ClN4O2S2/c1-13-5-3-4-6-16(13)23-17(14-7-9-15(19)10-8-14)21-22-18(23)26-12-11-20-27(2,24)25/h3-10,20H,11-12H2,1-2H3. The van der Waals surface area contributed by atoms with Gasteiger partial charge in [0.25, 0.3) is 0 Å². The van der Waals surface area contributed by atoms with E-state index in [1.54, 1.807) is 0 Å². The summed E-state index contributed by atoms with van der Waals surface area (Å²) in [6.07, 6.45) is 1.14. The highest BCUT2D eigenvalue weighted by Gasteiger charge is 2.17. The molecule has 1 N–H and O–H groups in total. The monoisotopic (exact) mass is 422 g/mol. The Morgan fingerprint density at radius 2 is 1.81 bits per heavy atom. The topological polar surface area (TPSA) is 76.9 Å². The minimum atomic E-state index is -3.21. The van der Waals surface area contributed by atoms with Crippen LogP contribution in [0.25, 0.3) is 17.1 Å². The summed E-state index contributed by atoms with van der Waals surface area (Å²) in [4.78, 5) is 0. The van der Waals surface area contributed by atoms with Crippen LogP contribution in [0.4, 0.5) is 0 Å². The summed E-state index contributed by atoms with van der Waals surface area (Å²) in [5, 5.41) is 10.1. The van der Waals surface area contributed by atoms with Gasteiger partial charge in [-0.2, -0.15) is 0 Å². The molecule has 0 spiro atoms. The van der Waals surface area contributed by atoms with Gasteiger partial charge in [-0.05, 0) is 42.8 Å². The van der Waals surface area contributed by atoms with Crippen LogP contribution in [0.5, 0.6) is 0 Å². The summed E-state index contributed by atoms with van der Waals surface area (Å²) in [5.41, 5.74) is 2.96. The number of para-hydroxylation sites is 1. The molecule has 0 saturated heterocycles. The molecule has 1 aromatic heterocycles. The van der Waals surface area contributed by atoms with Gasteiger partial charge in [-0.1, -0.05) is 41.6 Å². The number of nitrogens with zero attached hydrogens (tertiary/aromatic N) is 3. The Morgan fingerprint density at radius 3 is 2.48 bits per heavy atom. The van der Waals surface area contributed by atoms with E-state index in [2.05, 4.69) is 14.9 Å². The molecule has 0 amide bonds. The highest BCUT2D eigenvalue weighted by molar-refractivity contribution is 7.99. The van der Waals surface area contributed by atoms with Crippen molar-refractivity contribution in [1.29, 1.82) is 0 Å². The first-order valence-corrected chi connectivity index (χ1v) is 11.5. The Kier molecular flexibility index (Phi) is 6.21. The van der Waals surface area contributed by atoms with E-state index >= 15 is 0 Å². The zero-order valence-corrected chi connectivity index (χ0v) is 17.3. The second-order valence-electron chi connectivity index (χ2n) is 5.95. The average Bonchev–Trinajstić information content (AvgIpc) is 3.03. The minimum Gasteiger partial charge on any atom is -0.270 e. The molecule has 2 aromatic carbocycles. The minimum absolute atomic E-state index is 0.320. The molecule has 0 bridgehead atoms. The second-order valence-corrected chi connectivity index (χ2v) is 9.28. The number of hydrogen-bond acceptors (Lipinski definition) is 5. The zero-order valence-electron chi connectivity index (χ0n) is 14.9. The van der Waals surface area contributed by atoms with Crippen molar-refractivity contribution in [2.24, 2.45) is 0 Å². The first-order valence-electron chi connectivity index (χ1n) is 8.20. The lowest BCUT2D eigenvalue weighted by Gasteiger charge is -2.13. The molecule has 0 aliphatic carbocycles. The maximum absolute atomic E-state index is 11.2. The third-order valence-electron chi connectivity index (χ3n) is 3.79. The fraction of sp³-hybridized carbons (Fsp3) is 0.222. The molecule has 0 unspecified atom stereocenters. The van der Waals surface area contributed by atoms with E-state index < -0.39 is 10.0 Å². The van der Waals surface area contributed by atoms with Crippen LogP contribution in [0.3, 0.4) is 0 Å². The number of benzene rings is 2. The zero-order chi connectivity index (χ0) is 19.4. The van der Waals surface area contributed by atoms with Crippen LogP contribution in [0.15, 0.2) is 53.7 Å². The van der Waals surface area contributed by atoms with Crippen molar-refractivity contribution in [3.8, 4) is 17.1 Å². The van der Waals surface area contributed by atoms with Gasteiger partial charge in [-0.25, -0.2) is 13.1 Å². The Morgan fingerprint density at radius 1 is 1.11 bits per heavy atom. The summed E-state index contributed by atoms with van der Waals surface area (Å²) in [6.45, 7) is 2.35. The maximum atomic E-state index is 11.2. The lowest BCUT2D eigenvalue weighted by atomic mass is 10.1. The van der Waals surface area contributed by atoms with E-state index in [1.807, 2.05) is 60.0 Å². The predicted molar refractivity (Wildman–Crippen MR) is 110 cm³/mol. The van der Waals surface area contributed by atoms with Crippen LogP contribution in [0.2, 0.25) is 5.02 Å². The number of rotatable bonds is 7. The van der Waals surface area contributed by atoms with Crippen molar-refractivity contribution in [1.82, 2.24) is 19.5 Å². The molecule has 0 atom stereocenters. The SMILES string of the molecule is Cc1ccccc1-n1c(SCCNS(C)(=O)=O)nnc1-c1ccc(Cl)cc1. The number of aryl methyl sites for hydroxylation is 1.